The monoisotopic (exact) mass is 435 g/mol. The fraction of sp³-hybridized carbons (Fsp3) is 0.400. The molecule has 0 saturated carbocycles. The van der Waals surface area contributed by atoms with Crippen LogP contribution in [0.3, 0.4) is 0 Å². The maximum atomic E-state index is 13.1. The third kappa shape index (κ3) is 5.16. The van der Waals surface area contributed by atoms with Gasteiger partial charge < -0.3 is 19.9 Å². The van der Waals surface area contributed by atoms with Gasteiger partial charge in [-0.3, -0.25) is 14.4 Å². The van der Waals surface area contributed by atoms with Gasteiger partial charge in [-0.2, -0.15) is 0 Å². The summed E-state index contributed by atoms with van der Waals surface area (Å²) in [5, 5.41) is 2.85. The van der Waals surface area contributed by atoms with Gasteiger partial charge in [0, 0.05) is 49.6 Å². The Morgan fingerprint density at radius 2 is 1.53 bits per heavy atom. The molecule has 0 aliphatic carbocycles. The Kier molecular flexibility index (Phi) is 6.85. The molecular weight excluding hydrogens is 406 g/mol. The highest BCUT2D eigenvalue weighted by molar-refractivity contribution is 5.98. The first-order valence-electron chi connectivity index (χ1n) is 11.2. The van der Waals surface area contributed by atoms with Crippen LogP contribution >= 0.6 is 0 Å². The van der Waals surface area contributed by atoms with Crippen LogP contribution in [-0.4, -0.2) is 66.4 Å². The van der Waals surface area contributed by atoms with E-state index in [-0.39, 0.29) is 17.7 Å². The minimum absolute atomic E-state index is 0.00170. The van der Waals surface area contributed by atoms with E-state index in [4.69, 9.17) is 4.74 Å². The second kappa shape index (κ2) is 9.96. The van der Waals surface area contributed by atoms with E-state index >= 15 is 0 Å². The second-order valence-corrected chi connectivity index (χ2v) is 8.38. The summed E-state index contributed by atoms with van der Waals surface area (Å²) in [4.78, 5) is 41.9. The number of nitrogens with zero attached hydrogens (tertiary/aromatic N) is 2. The van der Waals surface area contributed by atoms with E-state index in [1.807, 2.05) is 36.1 Å². The molecule has 1 atom stereocenters. The third-order valence-electron chi connectivity index (χ3n) is 5.93. The van der Waals surface area contributed by atoms with Crippen LogP contribution in [0, 0.1) is 6.92 Å². The molecule has 7 heteroatoms. The van der Waals surface area contributed by atoms with Crippen LogP contribution in [0.15, 0.2) is 48.5 Å². The molecule has 2 saturated heterocycles. The summed E-state index contributed by atoms with van der Waals surface area (Å²) in [5.41, 5.74) is 2.84. The van der Waals surface area contributed by atoms with Crippen LogP contribution < -0.4 is 5.32 Å². The Morgan fingerprint density at radius 1 is 0.875 bits per heavy atom. The Hall–Kier alpha value is -3.19. The van der Waals surface area contributed by atoms with Crippen LogP contribution in [0.25, 0.3) is 0 Å². The topological polar surface area (TPSA) is 79.0 Å². The van der Waals surface area contributed by atoms with Crippen molar-refractivity contribution < 1.29 is 19.1 Å². The average Bonchev–Trinajstić information content (AvgIpc) is 3.23. The predicted molar refractivity (Wildman–Crippen MR) is 122 cm³/mol. The fourth-order valence-corrected chi connectivity index (χ4v) is 4.20. The van der Waals surface area contributed by atoms with Gasteiger partial charge in [0.15, 0.2) is 0 Å². The molecule has 0 bridgehead atoms. The molecule has 2 fully saturated rings. The normalized spacial score (nSPS) is 18.8. The summed E-state index contributed by atoms with van der Waals surface area (Å²) in [6.45, 7) is 4.75. The molecule has 1 unspecified atom stereocenters. The molecular formula is C25H29N3O4. The van der Waals surface area contributed by atoms with Gasteiger partial charge in [0.25, 0.3) is 17.7 Å². The molecule has 168 valence electrons. The zero-order valence-corrected chi connectivity index (χ0v) is 18.4. The summed E-state index contributed by atoms with van der Waals surface area (Å²) in [7, 11) is 0. The van der Waals surface area contributed by atoms with E-state index in [2.05, 4.69) is 5.32 Å². The number of hydrogen-bond acceptors (Lipinski definition) is 4. The zero-order valence-electron chi connectivity index (χ0n) is 18.4. The first kappa shape index (κ1) is 22.0. The molecule has 32 heavy (non-hydrogen) atoms. The minimum atomic E-state index is -0.420. The standard InChI is InChI=1S/C25H29N3O4/c1-18-6-2-7-19(16-18)24(30)27-11-5-12-28(14-13-27)25(31)20-8-3-9-21(17-20)26-23(29)22-10-4-15-32-22/h2-3,6-9,16-17,22H,4-5,10-15H2,1H3,(H,26,29). The van der Waals surface area contributed by atoms with Crippen LogP contribution in [0.4, 0.5) is 5.69 Å². The Balaban J connectivity index is 1.38. The lowest BCUT2D eigenvalue weighted by Crippen LogP contribution is -2.37. The highest BCUT2D eigenvalue weighted by Crippen LogP contribution is 2.18. The third-order valence-corrected chi connectivity index (χ3v) is 5.93. The van der Waals surface area contributed by atoms with Gasteiger partial charge in [0.1, 0.15) is 6.10 Å². The molecule has 3 amide bonds. The smallest absolute Gasteiger partial charge is 0.253 e. The van der Waals surface area contributed by atoms with Crippen LogP contribution in [-0.2, 0) is 9.53 Å². The van der Waals surface area contributed by atoms with Gasteiger partial charge >= 0.3 is 0 Å². The SMILES string of the molecule is Cc1cccc(C(=O)N2CCCN(C(=O)c3cccc(NC(=O)C4CCCO4)c3)CC2)c1. The maximum Gasteiger partial charge on any atom is 0.253 e. The van der Waals surface area contributed by atoms with Crippen molar-refractivity contribution in [3.63, 3.8) is 0 Å². The van der Waals surface area contributed by atoms with Crippen molar-refractivity contribution in [2.75, 3.05) is 38.1 Å². The van der Waals surface area contributed by atoms with E-state index < -0.39 is 6.10 Å². The molecule has 2 aromatic rings. The number of hydrogen-bond donors (Lipinski definition) is 1. The number of ether oxygens (including phenoxy) is 1. The average molecular weight is 436 g/mol. The summed E-state index contributed by atoms with van der Waals surface area (Å²) < 4.78 is 5.42. The lowest BCUT2D eigenvalue weighted by Gasteiger charge is -2.22. The first-order chi connectivity index (χ1) is 15.5. The fourth-order valence-electron chi connectivity index (χ4n) is 4.20. The van der Waals surface area contributed by atoms with Crippen molar-refractivity contribution in [2.45, 2.75) is 32.3 Å². The van der Waals surface area contributed by atoms with Crippen LogP contribution in [0.2, 0.25) is 0 Å². The highest BCUT2D eigenvalue weighted by Gasteiger charge is 2.25. The molecule has 7 nitrogen and oxygen atoms in total. The van der Waals surface area contributed by atoms with Crippen molar-refractivity contribution in [3.05, 3.63) is 65.2 Å². The van der Waals surface area contributed by atoms with Crippen molar-refractivity contribution in [3.8, 4) is 0 Å². The van der Waals surface area contributed by atoms with Crippen molar-refractivity contribution >= 4 is 23.4 Å². The Morgan fingerprint density at radius 3 is 2.16 bits per heavy atom. The summed E-state index contributed by atoms with van der Waals surface area (Å²) in [5.74, 6) is -0.267. The van der Waals surface area contributed by atoms with Crippen molar-refractivity contribution in [2.24, 2.45) is 0 Å². The van der Waals surface area contributed by atoms with E-state index in [0.29, 0.717) is 49.6 Å². The van der Waals surface area contributed by atoms with E-state index in [1.54, 1.807) is 29.2 Å². The van der Waals surface area contributed by atoms with Crippen LogP contribution in [0.5, 0.6) is 0 Å². The molecule has 1 N–H and O–H groups in total. The number of benzene rings is 2. The molecule has 2 aliphatic rings. The number of nitrogens with one attached hydrogen (secondary N) is 1. The van der Waals surface area contributed by atoms with E-state index in [9.17, 15) is 14.4 Å². The van der Waals surface area contributed by atoms with E-state index in [0.717, 1.165) is 24.8 Å². The number of anilines is 1. The summed E-state index contributed by atoms with van der Waals surface area (Å²) in [6.07, 6.45) is 1.90. The summed E-state index contributed by atoms with van der Waals surface area (Å²) >= 11 is 0. The number of rotatable bonds is 4. The van der Waals surface area contributed by atoms with Crippen molar-refractivity contribution in [1.82, 2.24) is 9.80 Å². The minimum Gasteiger partial charge on any atom is -0.368 e. The Bertz CT molecular complexity index is 1000. The molecule has 0 spiro atoms. The maximum absolute atomic E-state index is 13.1. The van der Waals surface area contributed by atoms with Gasteiger partial charge in [-0.1, -0.05) is 23.8 Å². The predicted octanol–water partition coefficient (Wildman–Crippen LogP) is 3.10. The molecule has 0 radical (unpaired) electrons. The Labute approximate surface area is 188 Å². The van der Waals surface area contributed by atoms with Gasteiger partial charge in [0.2, 0.25) is 0 Å². The van der Waals surface area contributed by atoms with Crippen LogP contribution in [0.1, 0.15) is 45.5 Å². The molecule has 2 heterocycles. The molecule has 4 rings (SSSR count). The highest BCUT2D eigenvalue weighted by atomic mass is 16.5. The van der Waals surface area contributed by atoms with Crippen molar-refractivity contribution in [1.29, 1.82) is 0 Å². The quantitative estimate of drug-likeness (QED) is 0.801. The van der Waals surface area contributed by atoms with Gasteiger partial charge in [-0.25, -0.2) is 0 Å². The van der Waals surface area contributed by atoms with Gasteiger partial charge in [0.05, 0.1) is 0 Å². The molecule has 2 aromatic carbocycles. The number of aryl methyl sites for hydroxylation is 1. The largest absolute Gasteiger partial charge is 0.368 e. The lowest BCUT2D eigenvalue weighted by molar-refractivity contribution is -0.124. The van der Waals surface area contributed by atoms with Gasteiger partial charge in [-0.15, -0.1) is 0 Å². The molecule has 0 aromatic heterocycles. The number of carbonyl (C=O) groups excluding carboxylic acids is 3. The zero-order chi connectivity index (χ0) is 22.5. The lowest BCUT2D eigenvalue weighted by atomic mass is 10.1. The second-order valence-electron chi connectivity index (χ2n) is 8.38. The first-order valence-corrected chi connectivity index (χ1v) is 11.2. The van der Waals surface area contributed by atoms with E-state index in [1.165, 1.54) is 0 Å². The number of carbonyl (C=O) groups is 3. The summed E-state index contributed by atoms with van der Waals surface area (Å²) in [6, 6.07) is 14.6. The number of amides is 3. The molecule has 2 aliphatic heterocycles. The van der Waals surface area contributed by atoms with Gasteiger partial charge in [-0.05, 0) is 56.5 Å².